The van der Waals surface area contributed by atoms with Crippen molar-refractivity contribution in [3.05, 3.63) is 34.9 Å². The molecule has 0 heterocycles. The maximum absolute atomic E-state index is 11.2. The quantitative estimate of drug-likeness (QED) is 0.436. The Bertz CT molecular complexity index is 363. The Balaban J connectivity index is 2.80. The molecule has 0 unspecified atom stereocenters. The Morgan fingerprint density at radius 1 is 1.47 bits per heavy atom. The third-order valence-corrected chi connectivity index (χ3v) is 2.38. The summed E-state index contributed by atoms with van der Waals surface area (Å²) in [6, 6.07) is 5.91. The lowest BCUT2D eigenvalue weighted by atomic mass is 10.1. The molecule has 0 saturated heterocycles. The van der Waals surface area contributed by atoms with E-state index in [1.807, 2.05) is 13.8 Å². The number of hydrogen-bond acceptors (Lipinski definition) is 2. The first kappa shape index (κ1) is 11.5. The van der Waals surface area contributed by atoms with Gasteiger partial charge in [-0.2, -0.15) is 0 Å². The Morgan fingerprint density at radius 2 is 2.13 bits per heavy atom. The van der Waals surface area contributed by atoms with E-state index >= 15 is 0 Å². The highest BCUT2D eigenvalue weighted by molar-refractivity contribution is 5.73. The van der Waals surface area contributed by atoms with Crippen molar-refractivity contribution >= 4 is 6.03 Å². The highest BCUT2D eigenvalue weighted by Gasteiger charge is 2.08. The average molecular weight is 207 g/mol. The zero-order chi connectivity index (χ0) is 11.4. The van der Waals surface area contributed by atoms with Gasteiger partial charge in [-0.1, -0.05) is 23.8 Å². The molecular formula is C11H17N3O. The van der Waals surface area contributed by atoms with Crippen LogP contribution in [0.3, 0.4) is 0 Å². The molecular weight excluding hydrogens is 190 g/mol. The van der Waals surface area contributed by atoms with Crippen LogP contribution in [-0.2, 0) is 6.54 Å². The molecule has 1 aromatic carbocycles. The number of carbonyl (C=O) groups is 1. The van der Waals surface area contributed by atoms with Crippen LogP contribution >= 0.6 is 0 Å². The van der Waals surface area contributed by atoms with Crippen molar-refractivity contribution < 1.29 is 4.79 Å². The molecule has 0 bridgehead atoms. The predicted molar refractivity (Wildman–Crippen MR) is 60.1 cm³/mol. The molecule has 0 spiro atoms. The normalized spacial score (nSPS) is 9.87. The summed E-state index contributed by atoms with van der Waals surface area (Å²) >= 11 is 0. The van der Waals surface area contributed by atoms with Crippen molar-refractivity contribution in [3.63, 3.8) is 0 Å². The summed E-state index contributed by atoms with van der Waals surface area (Å²) in [6.45, 7) is 4.63. The van der Waals surface area contributed by atoms with E-state index < -0.39 is 0 Å². The number of nitrogens with two attached hydrogens (primary N) is 1. The van der Waals surface area contributed by atoms with Crippen LogP contribution in [0.15, 0.2) is 18.2 Å². The number of nitrogens with one attached hydrogen (secondary N) is 1. The summed E-state index contributed by atoms with van der Waals surface area (Å²) in [5, 5.41) is 0. The summed E-state index contributed by atoms with van der Waals surface area (Å²) in [4.78, 5) is 12.7. The highest BCUT2D eigenvalue weighted by atomic mass is 16.2. The van der Waals surface area contributed by atoms with Crippen LogP contribution in [0.5, 0.6) is 0 Å². The Hall–Kier alpha value is -1.55. The van der Waals surface area contributed by atoms with E-state index in [2.05, 4.69) is 23.6 Å². The molecule has 0 saturated carbocycles. The highest BCUT2D eigenvalue weighted by Crippen LogP contribution is 2.12. The van der Waals surface area contributed by atoms with E-state index in [-0.39, 0.29) is 6.03 Å². The number of aryl methyl sites for hydroxylation is 2. The second-order valence-electron chi connectivity index (χ2n) is 3.74. The number of rotatable bonds is 2. The van der Waals surface area contributed by atoms with Crippen molar-refractivity contribution in [3.8, 4) is 0 Å². The van der Waals surface area contributed by atoms with Gasteiger partial charge in [0.25, 0.3) is 0 Å². The van der Waals surface area contributed by atoms with Crippen LogP contribution in [0.25, 0.3) is 0 Å². The molecule has 0 aliphatic rings. The lowest BCUT2D eigenvalue weighted by molar-refractivity contribution is 0.207. The third-order valence-electron chi connectivity index (χ3n) is 2.38. The maximum atomic E-state index is 11.2. The minimum atomic E-state index is -0.282. The van der Waals surface area contributed by atoms with Crippen LogP contribution in [-0.4, -0.2) is 18.0 Å². The molecule has 4 nitrogen and oxygen atoms in total. The maximum Gasteiger partial charge on any atom is 0.331 e. The molecule has 2 amide bonds. The van der Waals surface area contributed by atoms with E-state index in [0.717, 1.165) is 5.56 Å². The van der Waals surface area contributed by atoms with Crippen LogP contribution in [0.2, 0.25) is 0 Å². The number of urea groups is 1. The standard InChI is InChI=1S/C11H17N3O/c1-8-4-5-9(2)10(6-8)7-14(3)11(15)13-12/h4-6H,7,12H2,1-3H3,(H,13,15). The number of amides is 2. The van der Waals surface area contributed by atoms with Crippen molar-refractivity contribution in [1.82, 2.24) is 10.3 Å². The zero-order valence-electron chi connectivity index (χ0n) is 9.37. The number of hydrogen-bond donors (Lipinski definition) is 2. The summed E-state index contributed by atoms with van der Waals surface area (Å²) in [5.74, 6) is 5.05. The minimum absolute atomic E-state index is 0.282. The molecule has 1 rings (SSSR count). The van der Waals surface area contributed by atoms with Crippen molar-refractivity contribution in [2.75, 3.05) is 7.05 Å². The molecule has 0 aromatic heterocycles. The van der Waals surface area contributed by atoms with E-state index in [1.165, 1.54) is 11.1 Å². The first-order valence-corrected chi connectivity index (χ1v) is 4.82. The van der Waals surface area contributed by atoms with Gasteiger partial charge in [-0.3, -0.25) is 5.43 Å². The molecule has 82 valence electrons. The second kappa shape index (κ2) is 4.79. The number of nitrogens with zero attached hydrogens (tertiary/aromatic N) is 1. The van der Waals surface area contributed by atoms with Crippen LogP contribution < -0.4 is 11.3 Å². The SMILES string of the molecule is Cc1ccc(C)c(CN(C)C(=O)NN)c1. The summed E-state index contributed by atoms with van der Waals surface area (Å²) in [5.41, 5.74) is 5.62. The molecule has 0 aliphatic heterocycles. The van der Waals surface area contributed by atoms with Gasteiger partial charge in [0.2, 0.25) is 0 Å². The third kappa shape index (κ3) is 2.95. The fourth-order valence-electron chi connectivity index (χ4n) is 1.41. The van der Waals surface area contributed by atoms with Gasteiger partial charge >= 0.3 is 6.03 Å². The summed E-state index contributed by atoms with van der Waals surface area (Å²) < 4.78 is 0. The van der Waals surface area contributed by atoms with Gasteiger partial charge < -0.3 is 4.90 Å². The Labute approximate surface area is 90.0 Å². The first-order valence-electron chi connectivity index (χ1n) is 4.82. The average Bonchev–Trinajstić information content (AvgIpc) is 2.22. The fraction of sp³-hybridized carbons (Fsp3) is 0.364. The molecule has 4 heteroatoms. The Morgan fingerprint density at radius 3 is 2.73 bits per heavy atom. The molecule has 0 radical (unpaired) electrons. The van der Waals surface area contributed by atoms with Crippen molar-refractivity contribution in [2.24, 2.45) is 5.84 Å². The summed E-state index contributed by atoms with van der Waals surface area (Å²) in [6.07, 6.45) is 0. The lowest BCUT2D eigenvalue weighted by Crippen LogP contribution is -2.40. The molecule has 3 N–H and O–H groups in total. The number of hydrazine groups is 1. The van der Waals surface area contributed by atoms with Crippen LogP contribution in [0.1, 0.15) is 16.7 Å². The number of carbonyl (C=O) groups excluding carboxylic acids is 1. The van der Waals surface area contributed by atoms with Crippen molar-refractivity contribution in [2.45, 2.75) is 20.4 Å². The minimum Gasteiger partial charge on any atom is -0.322 e. The van der Waals surface area contributed by atoms with E-state index in [4.69, 9.17) is 5.84 Å². The second-order valence-corrected chi connectivity index (χ2v) is 3.74. The van der Waals surface area contributed by atoms with Crippen LogP contribution in [0.4, 0.5) is 4.79 Å². The topological polar surface area (TPSA) is 58.4 Å². The fourth-order valence-corrected chi connectivity index (χ4v) is 1.41. The van der Waals surface area contributed by atoms with E-state index in [1.54, 1.807) is 11.9 Å². The molecule has 0 atom stereocenters. The molecule has 1 aromatic rings. The van der Waals surface area contributed by atoms with Gasteiger partial charge in [0.15, 0.2) is 0 Å². The molecule has 0 aliphatic carbocycles. The monoisotopic (exact) mass is 207 g/mol. The van der Waals surface area contributed by atoms with Gasteiger partial charge in [-0.25, -0.2) is 10.6 Å². The summed E-state index contributed by atoms with van der Waals surface area (Å²) in [7, 11) is 1.71. The van der Waals surface area contributed by atoms with Gasteiger partial charge in [0.05, 0.1) is 0 Å². The van der Waals surface area contributed by atoms with E-state index in [0.29, 0.717) is 6.54 Å². The lowest BCUT2D eigenvalue weighted by Gasteiger charge is -2.17. The van der Waals surface area contributed by atoms with Gasteiger partial charge in [-0.15, -0.1) is 0 Å². The zero-order valence-corrected chi connectivity index (χ0v) is 9.37. The Kier molecular flexibility index (Phi) is 3.68. The van der Waals surface area contributed by atoms with Gasteiger partial charge in [0.1, 0.15) is 0 Å². The first-order chi connectivity index (χ1) is 7.04. The smallest absolute Gasteiger partial charge is 0.322 e. The largest absolute Gasteiger partial charge is 0.331 e. The predicted octanol–water partition coefficient (Wildman–Crippen LogP) is 1.32. The van der Waals surface area contributed by atoms with Crippen molar-refractivity contribution in [1.29, 1.82) is 0 Å². The van der Waals surface area contributed by atoms with Crippen LogP contribution in [0, 0.1) is 13.8 Å². The number of benzene rings is 1. The van der Waals surface area contributed by atoms with Gasteiger partial charge in [-0.05, 0) is 25.0 Å². The van der Waals surface area contributed by atoms with E-state index in [9.17, 15) is 4.79 Å². The molecule has 15 heavy (non-hydrogen) atoms. The molecule has 0 fully saturated rings. The van der Waals surface area contributed by atoms with Gasteiger partial charge in [0, 0.05) is 13.6 Å².